The molecule has 23 heavy (non-hydrogen) atoms. The van der Waals surface area contributed by atoms with Gasteiger partial charge in [-0.2, -0.15) is 9.49 Å². The van der Waals surface area contributed by atoms with E-state index in [2.05, 4.69) is 27.4 Å². The van der Waals surface area contributed by atoms with E-state index < -0.39 is 11.9 Å². The van der Waals surface area contributed by atoms with Gasteiger partial charge in [0.1, 0.15) is 11.3 Å². The van der Waals surface area contributed by atoms with Gasteiger partial charge in [0, 0.05) is 12.4 Å². The molecule has 7 nitrogen and oxygen atoms in total. The Bertz CT molecular complexity index is 879. The second kappa shape index (κ2) is 5.15. The van der Waals surface area contributed by atoms with E-state index in [-0.39, 0.29) is 17.3 Å². The van der Waals surface area contributed by atoms with Gasteiger partial charge in [-0.25, -0.2) is 9.50 Å². The molecule has 3 aromatic rings. The summed E-state index contributed by atoms with van der Waals surface area (Å²) in [7, 11) is 0. The lowest BCUT2D eigenvalue weighted by Gasteiger charge is -2.32. The predicted molar refractivity (Wildman–Crippen MR) is 80.6 cm³/mol. The number of hydrogen-bond acceptors (Lipinski definition) is 4. The number of nitrogens with zero attached hydrogens (tertiary/aromatic N) is 5. The van der Waals surface area contributed by atoms with Crippen molar-refractivity contribution in [3.63, 3.8) is 0 Å². The van der Waals surface area contributed by atoms with Crippen LogP contribution in [0.3, 0.4) is 0 Å². The molecule has 0 spiro atoms. The molecule has 4 rings (SSSR count). The van der Waals surface area contributed by atoms with Crippen LogP contribution in [0.25, 0.3) is 5.65 Å². The molecule has 0 aromatic carbocycles. The molecule has 1 saturated carbocycles. The summed E-state index contributed by atoms with van der Waals surface area (Å²) in [6.45, 7) is 2.15. The second-order valence-electron chi connectivity index (χ2n) is 5.94. The number of aromatic nitrogens is 5. The summed E-state index contributed by atoms with van der Waals surface area (Å²) in [5.41, 5.74) is 0.783. The van der Waals surface area contributed by atoms with Crippen LogP contribution < -0.4 is 5.32 Å². The zero-order valence-electron chi connectivity index (χ0n) is 12.5. The van der Waals surface area contributed by atoms with Crippen molar-refractivity contribution in [1.82, 2.24) is 24.4 Å². The molecule has 118 valence electrons. The number of rotatable bonds is 3. The summed E-state index contributed by atoms with van der Waals surface area (Å²) < 4.78 is 17.0. The van der Waals surface area contributed by atoms with E-state index in [0.29, 0.717) is 11.6 Å². The van der Waals surface area contributed by atoms with Crippen molar-refractivity contribution in [3.8, 4) is 0 Å². The van der Waals surface area contributed by atoms with Gasteiger partial charge >= 0.3 is 0 Å². The third kappa shape index (κ3) is 2.36. The van der Waals surface area contributed by atoms with Crippen LogP contribution in [0.1, 0.15) is 36.2 Å². The molecule has 1 amide bonds. The third-order valence-corrected chi connectivity index (χ3v) is 4.18. The monoisotopic (exact) mass is 314 g/mol. The number of nitrogens with one attached hydrogen (secondary N) is 1. The minimum absolute atomic E-state index is 0.0739. The van der Waals surface area contributed by atoms with Crippen LogP contribution in [0.5, 0.6) is 0 Å². The van der Waals surface area contributed by atoms with Gasteiger partial charge in [0.05, 0.1) is 18.4 Å². The van der Waals surface area contributed by atoms with Crippen molar-refractivity contribution in [2.75, 3.05) is 5.32 Å². The van der Waals surface area contributed by atoms with Gasteiger partial charge in [-0.05, 0) is 24.8 Å². The molecular weight excluding hydrogens is 299 g/mol. The molecule has 1 aliphatic carbocycles. The second-order valence-corrected chi connectivity index (χ2v) is 5.94. The molecule has 3 aromatic heterocycles. The van der Waals surface area contributed by atoms with Crippen LogP contribution >= 0.6 is 0 Å². The molecular formula is C15H15FN6O. The maximum atomic E-state index is 14.0. The number of amides is 1. The van der Waals surface area contributed by atoms with E-state index in [4.69, 9.17) is 0 Å². The van der Waals surface area contributed by atoms with Gasteiger partial charge in [0.25, 0.3) is 11.9 Å². The Morgan fingerprint density at radius 1 is 1.43 bits per heavy atom. The Morgan fingerprint density at radius 2 is 2.26 bits per heavy atom. The quantitative estimate of drug-likeness (QED) is 0.804. The minimum atomic E-state index is -0.678. The summed E-state index contributed by atoms with van der Waals surface area (Å²) in [5.74, 6) is -0.503. The highest BCUT2D eigenvalue weighted by molar-refractivity contribution is 6.08. The fourth-order valence-corrected chi connectivity index (χ4v) is 2.89. The smallest absolute Gasteiger partial charge is 0.261 e. The van der Waals surface area contributed by atoms with Gasteiger partial charge in [-0.15, -0.1) is 5.10 Å². The molecule has 0 aliphatic heterocycles. The number of anilines is 1. The van der Waals surface area contributed by atoms with E-state index in [1.807, 2.05) is 0 Å². The van der Waals surface area contributed by atoms with Crippen molar-refractivity contribution in [2.45, 2.75) is 25.8 Å². The summed E-state index contributed by atoms with van der Waals surface area (Å²) in [6, 6.07) is 1.93. The van der Waals surface area contributed by atoms with Gasteiger partial charge < -0.3 is 5.32 Å². The number of halogens is 1. The summed E-state index contributed by atoms with van der Waals surface area (Å²) >= 11 is 0. The standard InChI is InChI=1S/C15H15FN6O/c1-9-5-10(6-9)22-8-12(13(16)20-22)19-15(23)11-7-18-21-4-2-3-17-14(11)21/h2-4,7-10H,5-6H2,1H3,(H,19,23)/t9-,10-. The van der Waals surface area contributed by atoms with E-state index in [1.54, 1.807) is 29.3 Å². The zero-order chi connectivity index (χ0) is 16.0. The lowest BCUT2D eigenvalue weighted by atomic mass is 9.82. The molecule has 0 radical (unpaired) electrons. The van der Waals surface area contributed by atoms with E-state index in [0.717, 1.165) is 12.8 Å². The normalized spacial score (nSPS) is 20.4. The first-order chi connectivity index (χ1) is 11.1. The Labute approximate surface area is 131 Å². The zero-order valence-corrected chi connectivity index (χ0v) is 12.5. The third-order valence-electron chi connectivity index (χ3n) is 4.18. The highest BCUT2D eigenvalue weighted by Crippen LogP contribution is 2.37. The fraction of sp³-hybridized carbons (Fsp3) is 0.333. The largest absolute Gasteiger partial charge is 0.317 e. The van der Waals surface area contributed by atoms with E-state index in [9.17, 15) is 9.18 Å². The van der Waals surface area contributed by atoms with Crippen molar-refractivity contribution in [2.24, 2.45) is 5.92 Å². The number of carbonyl (C=O) groups excluding carboxylic acids is 1. The van der Waals surface area contributed by atoms with Crippen LogP contribution in [0.15, 0.2) is 30.9 Å². The highest BCUT2D eigenvalue weighted by Gasteiger charge is 2.29. The first-order valence-electron chi connectivity index (χ1n) is 7.46. The SMILES string of the molecule is C[C@H]1C[C@H](n2cc(NC(=O)c3cnn4cccnc34)c(F)n2)C1. The molecule has 3 heterocycles. The van der Waals surface area contributed by atoms with E-state index in [1.165, 1.54) is 10.7 Å². The maximum absolute atomic E-state index is 14.0. The molecule has 0 atom stereocenters. The Balaban J connectivity index is 1.57. The first kappa shape index (κ1) is 13.9. The topological polar surface area (TPSA) is 77.1 Å². The number of carbonyl (C=O) groups is 1. The molecule has 1 aliphatic rings. The number of fused-ring (bicyclic) bond motifs is 1. The summed E-state index contributed by atoms with van der Waals surface area (Å²) in [5, 5.41) is 10.5. The van der Waals surface area contributed by atoms with Gasteiger partial charge in [0.2, 0.25) is 0 Å². The molecule has 0 saturated heterocycles. The van der Waals surface area contributed by atoms with Gasteiger partial charge in [-0.1, -0.05) is 6.92 Å². The van der Waals surface area contributed by atoms with Crippen LogP contribution in [0.2, 0.25) is 0 Å². The van der Waals surface area contributed by atoms with Crippen LogP contribution in [0, 0.1) is 11.9 Å². The van der Waals surface area contributed by atoms with Gasteiger partial charge in [0.15, 0.2) is 5.65 Å². The summed E-state index contributed by atoms with van der Waals surface area (Å²) in [6.07, 6.45) is 8.18. The maximum Gasteiger partial charge on any atom is 0.261 e. The van der Waals surface area contributed by atoms with E-state index >= 15 is 0 Å². The molecule has 1 fully saturated rings. The van der Waals surface area contributed by atoms with Gasteiger partial charge in [-0.3, -0.25) is 9.48 Å². The lowest BCUT2D eigenvalue weighted by molar-refractivity contribution is 0.102. The molecule has 0 bridgehead atoms. The highest BCUT2D eigenvalue weighted by atomic mass is 19.1. The minimum Gasteiger partial charge on any atom is -0.317 e. The average molecular weight is 314 g/mol. The molecule has 0 unspecified atom stereocenters. The van der Waals surface area contributed by atoms with Crippen molar-refractivity contribution in [3.05, 3.63) is 42.4 Å². The molecule has 8 heteroatoms. The van der Waals surface area contributed by atoms with Crippen molar-refractivity contribution < 1.29 is 9.18 Å². The Morgan fingerprint density at radius 3 is 3.04 bits per heavy atom. The first-order valence-corrected chi connectivity index (χ1v) is 7.46. The fourth-order valence-electron chi connectivity index (χ4n) is 2.89. The lowest BCUT2D eigenvalue weighted by Crippen LogP contribution is -2.25. The predicted octanol–water partition coefficient (Wildman–Crippen LogP) is 2.29. The Hall–Kier alpha value is -2.77. The van der Waals surface area contributed by atoms with Crippen molar-refractivity contribution in [1.29, 1.82) is 0 Å². The number of hydrogen-bond donors (Lipinski definition) is 1. The van der Waals surface area contributed by atoms with Crippen LogP contribution in [-0.2, 0) is 0 Å². The van der Waals surface area contributed by atoms with Crippen LogP contribution in [0.4, 0.5) is 10.1 Å². The molecule has 1 N–H and O–H groups in total. The van der Waals surface area contributed by atoms with Crippen molar-refractivity contribution >= 4 is 17.2 Å². The van der Waals surface area contributed by atoms with Crippen LogP contribution in [-0.4, -0.2) is 30.3 Å². The average Bonchev–Trinajstić information content (AvgIpc) is 3.08. The summed E-state index contributed by atoms with van der Waals surface area (Å²) in [4.78, 5) is 16.5. The Kier molecular flexibility index (Phi) is 3.10.